The Kier molecular flexibility index (Phi) is 5.49. The monoisotopic (exact) mass is 292 g/mol. The summed E-state index contributed by atoms with van der Waals surface area (Å²) in [5, 5.41) is 6.28. The van der Waals surface area contributed by atoms with Gasteiger partial charge in [-0.15, -0.1) is 11.8 Å². The number of hydrogen-bond acceptors (Lipinski definition) is 3. The average Bonchev–Trinajstić information content (AvgIpc) is 2.77. The highest BCUT2D eigenvalue weighted by Crippen LogP contribution is 2.34. The van der Waals surface area contributed by atoms with Gasteiger partial charge in [0.25, 0.3) is 0 Å². The zero-order valence-corrected chi connectivity index (χ0v) is 13.3. The number of nitrogens with one attached hydrogen (secondary N) is 2. The van der Waals surface area contributed by atoms with Gasteiger partial charge in [-0.25, -0.2) is 0 Å². The van der Waals surface area contributed by atoms with Crippen LogP contribution in [0.2, 0.25) is 0 Å². The molecule has 1 aromatic rings. The van der Waals surface area contributed by atoms with E-state index in [1.165, 1.54) is 11.3 Å². The van der Waals surface area contributed by atoms with Crippen LogP contribution in [0, 0.1) is 5.92 Å². The highest BCUT2D eigenvalue weighted by molar-refractivity contribution is 7.99. The second kappa shape index (κ2) is 7.14. The Hall–Kier alpha value is -1.00. The molecule has 110 valence electrons. The molecule has 0 saturated heterocycles. The zero-order chi connectivity index (χ0) is 14.5. The number of rotatable bonds is 7. The lowest BCUT2D eigenvalue weighted by Gasteiger charge is -2.11. The van der Waals surface area contributed by atoms with Gasteiger partial charge in [-0.3, -0.25) is 4.79 Å². The van der Waals surface area contributed by atoms with Gasteiger partial charge in [0.05, 0.1) is 0 Å². The molecule has 0 aromatic heterocycles. The molecule has 1 amide bonds. The van der Waals surface area contributed by atoms with E-state index in [2.05, 4.69) is 49.6 Å². The van der Waals surface area contributed by atoms with Crippen LogP contribution >= 0.6 is 11.8 Å². The van der Waals surface area contributed by atoms with E-state index in [9.17, 15) is 4.79 Å². The third-order valence-corrected chi connectivity index (χ3v) is 5.01. The van der Waals surface area contributed by atoms with E-state index in [4.69, 9.17) is 0 Å². The lowest BCUT2D eigenvalue weighted by atomic mass is 10.1. The zero-order valence-electron chi connectivity index (χ0n) is 12.5. The second-order valence-corrected chi connectivity index (χ2v) is 6.54. The Morgan fingerprint density at radius 3 is 2.90 bits per heavy atom. The molecule has 0 aliphatic carbocycles. The van der Waals surface area contributed by atoms with Crippen molar-refractivity contribution >= 4 is 23.4 Å². The molecule has 4 heteroatoms. The Morgan fingerprint density at radius 2 is 2.20 bits per heavy atom. The Balaban J connectivity index is 2.05. The summed E-state index contributed by atoms with van der Waals surface area (Å²) in [6.45, 7) is 7.46. The van der Waals surface area contributed by atoms with Gasteiger partial charge in [-0.2, -0.15) is 0 Å². The van der Waals surface area contributed by atoms with E-state index in [0.717, 1.165) is 35.9 Å². The van der Waals surface area contributed by atoms with E-state index in [0.29, 0.717) is 0 Å². The number of thioether (sulfide) groups is 1. The molecule has 0 saturated carbocycles. The van der Waals surface area contributed by atoms with Crippen molar-refractivity contribution in [2.45, 2.75) is 44.6 Å². The number of anilines is 1. The van der Waals surface area contributed by atoms with Crippen LogP contribution in [-0.4, -0.2) is 18.2 Å². The SMILES string of the molecule is CCCNC1C(=O)Nc2cc(SCC(C)CC)ccc21. The first-order valence-electron chi connectivity index (χ1n) is 7.46. The summed E-state index contributed by atoms with van der Waals surface area (Å²) < 4.78 is 0. The van der Waals surface area contributed by atoms with E-state index < -0.39 is 0 Å². The summed E-state index contributed by atoms with van der Waals surface area (Å²) in [5.41, 5.74) is 2.05. The Morgan fingerprint density at radius 1 is 1.40 bits per heavy atom. The number of carbonyl (C=O) groups excluding carboxylic acids is 1. The van der Waals surface area contributed by atoms with E-state index in [1.54, 1.807) is 0 Å². The Bertz CT molecular complexity index is 476. The third kappa shape index (κ3) is 3.55. The standard InChI is InChI=1S/C16H24N2OS/c1-4-8-17-15-13-7-6-12(20-10-11(3)5-2)9-14(13)18-16(15)19/h6-7,9,11,15,17H,4-5,8,10H2,1-3H3,(H,18,19). The molecule has 0 radical (unpaired) electrons. The predicted molar refractivity (Wildman–Crippen MR) is 86.3 cm³/mol. The minimum Gasteiger partial charge on any atom is -0.324 e. The molecule has 0 bridgehead atoms. The molecule has 3 nitrogen and oxygen atoms in total. The maximum Gasteiger partial charge on any atom is 0.246 e. The van der Waals surface area contributed by atoms with Gasteiger partial charge in [0, 0.05) is 21.9 Å². The fraction of sp³-hybridized carbons (Fsp3) is 0.562. The van der Waals surface area contributed by atoms with Crippen molar-refractivity contribution < 1.29 is 4.79 Å². The van der Waals surface area contributed by atoms with Crippen molar-refractivity contribution in [2.75, 3.05) is 17.6 Å². The molecule has 1 aliphatic heterocycles. The van der Waals surface area contributed by atoms with Crippen LogP contribution in [-0.2, 0) is 4.79 Å². The lowest BCUT2D eigenvalue weighted by molar-refractivity contribution is -0.117. The molecule has 2 atom stereocenters. The summed E-state index contributed by atoms with van der Waals surface area (Å²) in [4.78, 5) is 13.2. The second-order valence-electron chi connectivity index (χ2n) is 5.45. The van der Waals surface area contributed by atoms with Gasteiger partial charge in [0.1, 0.15) is 6.04 Å². The van der Waals surface area contributed by atoms with Crippen LogP contribution in [0.3, 0.4) is 0 Å². The molecule has 20 heavy (non-hydrogen) atoms. The number of benzene rings is 1. The smallest absolute Gasteiger partial charge is 0.246 e. The predicted octanol–water partition coefficient (Wildman–Crippen LogP) is 3.82. The van der Waals surface area contributed by atoms with Gasteiger partial charge < -0.3 is 10.6 Å². The highest BCUT2D eigenvalue weighted by Gasteiger charge is 2.29. The first kappa shape index (κ1) is 15.4. The lowest BCUT2D eigenvalue weighted by Crippen LogP contribution is -2.27. The maximum absolute atomic E-state index is 12.0. The van der Waals surface area contributed by atoms with Gasteiger partial charge >= 0.3 is 0 Å². The third-order valence-electron chi connectivity index (χ3n) is 3.69. The van der Waals surface area contributed by atoms with Crippen molar-refractivity contribution in [3.8, 4) is 0 Å². The molecule has 2 N–H and O–H groups in total. The minimum absolute atomic E-state index is 0.0672. The maximum atomic E-state index is 12.0. The quantitative estimate of drug-likeness (QED) is 0.751. The fourth-order valence-electron chi connectivity index (χ4n) is 2.18. The number of amides is 1. The van der Waals surface area contributed by atoms with Crippen molar-refractivity contribution in [1.29, 1.82) is 0 Å². The van der Waals surface area contributed by atoms with E-state index in [1.807, 2.05) is 11.8 Å². The Labute approximate surface area is 125 Å². The summed E-state index contributed by atoms with van der Waals surface area (Å²) >= 11 is 1.87. The van der Waals surface area contributed by atoms with Crippen LogP contribution in [0.5, 0.6) is 0 Å². The number of carbonyl (C=O) groups is 1. The number of fused-ring (bicyclic) bond motifs is 1. The van der Waals surface area contributed by atoms with Crippen molar-refractivity contribution in [2.24, 2.45) is 5.92 Å². The van der Waals surface area contributed by atoms with Gasteiger partial charge in [-0.1, -0.05) is 33.3 Å². The van der Waals surface area contributed by atoms with Crippen molar-refractivity contribution in [1.82, 2.24) is 5.32 Å². The molecule has 2 rings (SSSR count). The van der Waals surface area contributed by atoms with Gasteiger partial charge in [0.2, 0.25) is 5.91 Å². The molecule has 1 heterocycles. The molecule has 2 unspecified atom stereocenters. The molecule has 1 aromatic carbocycles. The first-order chi connectivity index (χ1) is 9.65. The topological polar surface area (TPSA) is 41.1 Å². The van der Waals surface area contributed by atoms with Crippen molar-refractivity contribution in [3.63, 3.8) is 0 Å². The van der Waals surface area contributed by atoms with E-state index >= 15 is 0 Å². The van der Waals surface area contributed by atoms with E-state index in [-0.39, 0.29) is 11.9 Å². The molecule has 0 fully saturated rings. The van der Waals surface area contributed by atoms with Crippen LogP contribution < -0.4 is 10.6 Å². The highest BCUT2D eigenvalue weighted by atomic mass is 32.2. The molecule has 1 aliphatic rings. The van der Waals surface area contributed by atoms with Crippen LogP contribution in [0.1, 0.15) is 45.2 Å². The van der Waals surface area contributed by atoms with Crippen LogP contribution in [0.15, 0.2) is 23.1 Å². The molecular weight excluding hydrogens is 268 g/mol. The largest absolute Gasteiger partial charge is 0.324 e. The fourth-order valence-corrected chi connectivity index (χ4v) is 3.26. The first-order valence-corrected chi connectivity index (χ1v) is 8.45. The van der Waals surface area contributed by atoms with Gasteiger partial charge in [-0.05, 0) is 31.0 Å². The van der Waals surface area contributed by atoms with Crippen LogP contribution in [0.4, 0.5) is 5.69 Å². The molecule has 0 spiro atoms. The summed E-state index contributed by atoms with van der Waals surface area (Å²) in [7, 11) is 0. The summed E-state index contributed by atoms with van der Waals surface area (Å²) in [5.74, 6) is 1.92. The van der Waals surface area contributed by atoms with Gasteiger partial charge in [0.15, 0.2) is 0 Å². The van der Waals surface area contributed by atoms with Crippen molar-refractivity contribution in [3.05, 3.63) is 23.8 Å². The number of hydrogen-bond donors (Lipinski definition) is 2. The minimum atomic E-state index is -0.182. The molecular formula is C16H24N2OS. The summed E-state index contributed by atoms with van der Waals surface area (Å²) in [6, 6.07) is 6.14. The summed E-state index contributed by atoms with van der Waals surface area (Å²) in [6.07, 6.45) is 2.24. The average molecular weight is 292 g/mol. The normalized spacial score (nSPS) is 18.8. The van der Waals surface area contributed by atoms with Crippen LogP contribution in [0.25, 0.3) is 0 Å².